The highest BCUT2D eigenvalue weighted by molar-refractivity contribution is 5.74. The van der Waals surface area contributed by atoms with Gasteiger partial charge in [0.2, 0.25) is 0 Å². The first-order valence-corrected chi connectivity index (χ1v) is 8.07. The van der Waals surface area contributed by atoms with E-state index in [1.807, 2.05) is 13.0 Å². The number of aromatic nitrogens is 2. The van der Waals surface area contributed by atoms with Crippen molar-refractivity contribution in [2.75, 3.05) is 5.73 Å². The van der Waals surface area contributed by atoms with E-state index in [2.05, 4.69) is 5.10 Å². The van der Waals surface area contributed by atoms with Crippen LogP contribution in [0.1, 0.15) is 37.8 Å². The molecule has 1 aliphatic rings. The first kappa shape index (κ1) is 17.0. The van der Waals surface area contributed by atoms with Crippen molar-refractivity contribution in [1.29, 1.82) is 5.26 Å². The van der Waals surface area contributed by atoms with Crippen molar-refractivity contribution in [3.63, 3.8) is 0 Å². The molecule has 0 aliphatic heterocycles. The largest absolute Gasteiger partial charge is 0.481 e. The second kappa shape index (κ2) is 5.88. The predicted octanol–water partition coefficient (Wildman–Crippen LogP) is 2.92. The molecule has 1 atom stereocenters. The number of rotatable bonds is 5. The molecular weight excluding hydrogens is 323 g/mol. The van der Waals surface area contributed by atoms with Crippen LogP contribution in [0, 0.1) is 23.1 Å². The third-order valence-corrected chi connectivity index (χ3v) is 4.77. The van der Waals surface area contributed by atoms with Crippen molar-refractivity contribution < 1.29 is 14.3 Å². The number of carbonyl (C=O) groups is 1. The minimum absolute atomic E-state index is 0.165. The first-order valence-electron chi connectivity index (χ1n) is 8.07. The second-order valence-electron chi connectivity index (χ2n) is 6.89. The van der Waals surface area contributed by atoms with E-state index in [0.29, 0.717) is 5.56 Å². The first-order chi connectivity index (χ1) is 11.8. The van der Waals surface area contributed by atoms with Crippen LogP contribution in [0.2, 0.25) is 0 Å². The van der Waals surface area contributed by atoms with Crippen molar-refractivity contribution in [3.8, 4) is 17.3 Å². The fourth-order valence-corrected chi connectivity index (χ4v) is 2.85. The lowest BCUT2D eigenvalue weighted by Crippen LogP contribution is -2.16. The molecule has 0 radical (unpaired) electrons. The number of halogens is 1. The summed E-state index contributed by atoms with van der Waals surface area (Å²) in [5, 5.41) is 22.8. The smallest absolute Gasteiger partial charge is 0.306 e. The van der Waals surface area contributed by atoms with E-state index in [-0.39, 0.29) is 34.6 Å². The summed E-state index contributed by atoms with van der Waals surface area (Å²) in [5.41, 5.74) is 7.00. The molecule has 0 saturated heterocycles. The van der Waals surface area contributed by atoms with E-state index < -0.39 is 17.7 Å². The maximum absolute atomic E-state index is 14.6. The molecule has 6 nitrogen and oxygen atoms in total. The SMILES string of the molecule is CC(Cc1ccc(-c2nn(C3(C)CC3)c(N)c2C#N)c(F)c1)C(=O)O. The number of hydrogen-bond acceptors (Lipinski definition) is 4. The summed E-state index contributed by atoms with van der Waals surface area (Å²) < 4.78 is 16.2. The van der Waals surface area contributed by atoms with Gasteiger partial charge in [-0.2, -0.15) is 10.4 Å². The molecule has 0 bridgehead atoms. The van der Waals surface area contributed by atoms with Gasteiger partial charge in [0.25, 0.3) is 0 Å². The van der Waals surface area contributed by atoms with Gasteiger partial charge in [-0.15, -0.1) is 0 Å². The Morgan fingerprint density at radius 2 is 2.24 bits per heavy atom. The Balaban J connectivity index is 2.00. The van der Waals surface area contributed by atoms with Crippen LogP contribution < -0.4 is 5.73 Å². The molecule has 2 aromatic rings. The molecule has 1 aliphatic carbocycles. The Kier molecular flexibility index (Phi) is 3.99. The van der Waals surface area contributed by atoms with Crippen molar-refractivity contribution in [2.45, 2.75) is 38.6 Å². The van der Waals surface area contributed by atoms with Crippen LogP contribution in [0.15, 0.2) is 18.2 Å². The van der Waals surface area contributed by atoms with Crippen LogP contribution in [0.5, 0.6) is 0 Å². The molecule has 1 saturated carbocycles. The average Bonchev–Trinajstić information content (AvgIpc) is 3.20. The highest BCUT2D eigenvalue weighted by atomic mass is 19.1. The number of carboxylic acid groups (broad SMARTS) is 1. The summed E-state index contributed by atoms with van der Waals surface area (Å²) in [6, 6.07) is 6.50. The molecule has 1 unspecified atom stereocenters. The van der Waals surface area contributed by atoms with E-state index in [1.54, 1.807) is 17.7 Å². The van der Waals surface area contributed by atoms with Crippen molar-refractivity contribution in [3.05, 3.63) is 35.1 Å². The highest BCUT2D eigenvalue weighted by Gasteiger charge is 2.43. The fourth-order valence-electron chi connectivity index (χ4n) is 2.85. The number of benzene rings is 1. The Morgan fingerprint density at radius 3 is 2.76 bits per heavy atom. The Morgan fingerprint density at radius 1 is 1.56 bits per heavy atom. The maximum Gasteiger partial charge on any atom is 0.306 e. The third kappa shape index (κ3) is 2.95. The Hall–Kier alpha value is -2.88. The minimum Gasteiger partial charge on any atom is -0.481 e. The van der Waals surface area contributed by atoms with Crippen LogP contribution in [-0.2, 0) is 16.8 Å². The number of nitrogen functional groups attached to an aromatic ring is 1. The van der Waals surface area contributed by atoms with Gasteiger partial charge < -0.3 is 10.8 Å². The van der Waals surface area contributed by atoms with Gasteiger partial charge in [-0.1, -0.05) is 13.0 Å². The van der Waals surface area contributed by atoms with Gasteiger partial charge in [-0.3, -0.25) is 4.79 Å². The fraction of sp³-hybridized carbons (Fsp3) is 0.389. The van der Waals surface area contributed by atoms with Crippen LogP contribution in [0.25, 0.3) is 11.3 Å². The summed E-state index contributed by atoms with van der Waals surface area (Å²) in [4.78, 5) is 10.9. The number of anilines is 1. The quantitative estimate of drug-likeness (QED) is 0.869. The van der Waals surface area contributed by atoms with Crippen LogP contribution >= 0.6 is 0 Å². The van der Waals surface area contributed by atoms with Crippen LogP contribution in [0.4, 0.5) is 10.2 Å². The van der Waals surface area contributed by atoms with E-state index in [0.717, 1.165) is 12.8 Å². The third-order valence-electron chi connectivity index (χ3n) is 4.77. The van der Waals surface area contributed by atoms with E-state index in [9.17, 15) is 14.4 Å². The van der Waals surface area contributed by atoms with Crippen LogP contribution in [0.3, 0.4) is 0 Å². The number of nitrogens with zero attached hydrogens (tertiary/aromatic N) is 3. The topological polar surface area (TPSA) is 105 Å². The molecule has 1 fully saturated rings. The van der Waals surface area contributed by atoms with E-state index >= 15 is 0 Å². The highest BCUT2D eigenvalue weighted by Crippen LogP contribution is 2.45. The molecule has 25 heavy (non-hydrogen) atoms. The standard InChI is InChI=1S/C18H19FN4O2/c1-10(17(24)25)7-11-3-4-12(14(19)8-11)15-13(9-20)16(21)23(22-15)18(2)5-6-18/h3-4,8,10H,5-7,21H2,1-2H3,(H,24,25). The zero-order valence-corrected chi connectivity index (χ0v) is 14.1. The second-order valence-corrected chi connectivity index (χ2v) is 6.89. The monoisotopic (exact) mass is 342 g/mol. The molecule has 0 amide bonds. The van der Waals surface area contributed by atoms with Gasteiger partial charge in [0.1, 0.15) is 29.0 Å². The predicted molar refractivity (Wildman–Crippen MR) is 90.1 cm³/mol. The van der Waals surface area contributed by atoms with Gasteiger partial charge in [0, 0.05) is 5.56 Å². The van der Waals surface area contributed by atoms with Crippen molar-refractivity contribution >= 4 is 11.8 Å². The van der Waals surface area contributed by atoms with Gasteiger partial charge in [-0.05, 0) is 43.9 Å². The summed E-state index contributed by atoms with van der Waals surface area (Å²) >= 11 is 0. The zero-order chi connectivity index (χ0) is 18.4. The molecule has 3 N–H and O–H groups in total. The minimum atomic E-state index is -0.930. The maximum atomic E-state index is 14.6. The normalized spacial score (nSPS) is 16.2. The number of hydrogen-bond donors (Lipinski definition) is 2. The molecule has 1 aromatic carbocycles. The molecule has 7 heteroatoms. The molecule has 1 heterocycles. The summed E-state index contributed by atoms with van der Waals surface area (Å²) in [5.74, 6) is -1.83. The van der Waals surface area contributed by atoms with Gasteiger partial charge >= 0.3 is 5.97 Å². The summed E-state index contributed by atoms with van der Waals surface area (Å²) in [6.07, 6.45) is 2.06. The molecule has 3 rings (SSSR count). The summed E-state index contributed by atoms with van der Waals surface area (Å²) in [6.45, 7) is 3.56. The molecule has 130 valence electrons. The molecule has 0 spiro atoms. The molecule has 1 aromatic heterocycles. The Bertz CT molecular complexity index is 893. The number of nitriles is 1. The van der Waals surface area contributed by atoms with Crippen molar-refractivity contribution in [2.24, 2.45) is 5.92 Å². The van der Waals surface area contributed by atoms with E-state index in [1.165, 1.54) is 12.1 Å². The van der Waals surface area contributed by atoms with Gasteiger partial charge in [-0.25, -0.2) is 9.07 Å². The lowest BCUT2D eigenvalue weighted by Gasteiger charge is -2.10. The van der Waals surface area contributed by atoms with Crippen molar-refractivity contribution in [1.82, 2.24) is 9.78 Å². The number of carboxylic acids is 1. The zero-order valence-electron chi connectivity index (χ0n) is 14.1. The Labute approximate surface area is 144 Å². The summed E-state index contributed by atoms with van der Waals surface area (Å²) in [7, 11) is 0. The van der Waals surface area contributed by atoms with Gasteiger partial charge in [0.15, 0.2) is 0 Å². The van der Waals surface area contributed by atoms with Gasteiger partial charge in [0.05, 0.1) is 11.5 Å². The number of nitrogens with two attached hydrogens (primary N) is 1. The molecular formula is C18H19FN4O2. The van der Waals surface area contributed by atoms with E-state index in [4.69, 9.17) is 10.8 Å². The van der Waals surface area contributed by atoms with Crippen LogP contribution in [-0.4, -0.2) is 20.9 Å². The lowest BCUT2D eigenvalue weighted by atomic mass is 9.98. The average molecular weight is 342 g/mol. The number of aliphatic carboxylic acids is 1. The lowest BCUT2D eigenvalue weighted by molar-refractivity contribution is -0.141.